The summed E-state index contributed by atoms with van der Waals surface area (Å²) in [5.74, 6) is -0.931. The van der Waals surface area contributed by atoms with Crippen LogP contribution < -0.4 is 21.3 Å². The third kappa shape index (κ3) is 16.0. The van der Waals surface area contributed by atoms with Crippen LogP contribution in [0.1, 0.15) is 169 Å². The van der Waals surface area contributed by atoms with Crippen molar-refractivity contribution in [2.75, 3.05) is 13.2 Å². The maximum absolute atomic E-state index is 13.5. The minimum Gasteiger partial charge on any atom is -0.450 e. The van der Waals surface area contributed by atoms with Crippen LogP contribution in [0, 0.1) is 11.3 Å². The molecule has 4 atom stereocenters. The predicted molar refractivity (Wildman–Crippen MR) is 185 cm³/mol. The highest BCUT2D eigenvalue weighted by Crippen LogP contribution is 2.28. The molecule has 0 saturated carbocycles. The van der Waals surface area contributed by atoms with E-state index < -0.39 is 23.5 Å². The molecular formula is C37H68N4O5. The van der Waals surface area contributed by atoms with Crippen molar-refractivity contribution < 1.29 is 23.9 Å². The van der Waals surface area contributed by atoms with Gasteiger partial charge in [0.05, 0.1) is 12.5 Å². The highest BCUT2D eigenvalue weighted by molar-refractivity contribution is 5.86. The first kappa shape index (κ1) is 39.9. The van der Waals surface area contributed by atoms with Gasteiger partial charge in [-0.1, -0.05) is 124 Å². The monoisotopic (exact) mass is 649 g/mol. The molecular weight excluding hydrogens is 580 g/mol. The molecule has 0 bridgehead atoms. The van der Waals surface area contributed by atoms with Crippen molar-refractivity contribution in [2.45, 2.75) is 187 Å². The minimum absolute atomic E-state index is 0.0288. The molecule has 9 nitrogen and oxygen atoms in total. The van der Waals surface area contributed by atoms with Gasteiger partial charge in [-0.25, -0.2) is 4.79 Å². The standard InChI is InChI=1S/C37H68N4O5/c1-5-7-9-11-13-15-17-19-25-37(3,4)35(44)41-30-22-21-26-38-34(43)33(30)31-24-23-29(28-32(42)40-31)39-36(45)46-27-20-18-16-14-12-10-8-6-2/h29-31,33H,5-28H2,1-4H3,(H,38,43)(H,39,45)(H,40,42)(H,41,44)/t29?,30-,31-,33?/m0/s1. The summed E-state index contributed by atoms with van der Waals surface area (Å²) in [6.45, 7) is 9.37. The number of unbranched alkanes of at least 4 members (excludes halogenated alkanes) is 14. The summed E-state index contributed by atoms with van der Waals surface area (Å²) in [6.07, 6.45) is 22.1. The van der Waals surface area contributed by atoms with Crippen molar-refractivity contribution in [3.8, 4) is 0 Å². The number of nitrogens with one attached hydrogen (secondary N) is 4. The van der Waals surface area contributed by atoms with Gasteiger partial charge in [-0.15, -0.1) is 0 Å². The molecule has 2 fully saturated rings. The van der Waals surface area contributed by atoms with Crippen LogP contribution in [0.15, 0.2) is 0 Å². The molecule has 0 spiro atoms. The maximum Gasteiger partial charge on any atom is 0.407 e. The second-order valence-electron chi connectivity index (χ2n) is 14.6. The van der Waals surface area contributed by atoms with Crippen LogP contribution in [0.4, 0.5) is 4.79 Å². The molecule has 4 amide bonds. The van der Waals surface area contributed by atoms with Crippen LogP contribution in [0.25, 0.3) is 0 Å². The number of rotatable bonds is 22. The molecule has 2 heterocycles. The minimum atomic E-state index is -0.568. The Hall–Kier alpha value is -2.32. The Bertz CT molecular complexity index is 895. The highest BCUT2D eigenvalue weighted by Gasteiger charge is 2.41. The van der Waals surface area contributed by atoms with Crippen molar-refractivity contribution in [1.29, 1.82) is 0 Å². The van der Waals surface area contributed by atoms with Gasteiger partial charge in [0, 0.05) is 36.5 Å². The van der Waals surface area contributed by atoms with E-state index in [4.69, 9.17) is 4.74 Å². The van der Waals surface area contributed by atoms with Gasteiger partial charge in [0.25, 0.3) is 0 Å². The fraction of sp³-hybridized carbons (Fsp3) is 0.892. The van der Waals surface area contributed by atoms with Crippen LogP contribution in [0.5, 0.6) is 0 Å². The van der Waals surface area contributed by atoms with Crippen molar-refractivity contribution >= 4 is 23.8 Å². The van der Waals surface area contributed by atoms with E-state index in [0.717, 1.165) is 44.9 Å². The zero-order valence-electron chi connectivity index (χ0n) is 29.8. The molecule has 0 aromatic rings. The molecule has 266 valence electrons. The second-order valence-corrected chi connectivity index (χ2v) is 14.6. The van der Waals surface area contributed by atoms with E-state index >= 15 is 0 Å². The van der Waals surface area contributed by atoms with E-state index in [2.05, 4.69) is 35.1 Å². The Labute approximate surface area is 280 Å². The van der Waals surface area contributed by atoms with Crippen LogP contribution in [0.3, 0.4) is 0 Å². The number of carbonyl (C=O) groups is 4. The van der Waals surface area contributed by atoms with Gasteiger partial charge in [0.15, 0.2) is 0 Å². The van der Waals surface area contributed by atoms with E-state index in [1.165, 1.54) is 70.6 Å². The molecule has 0 aromatic heterocycles. The lowest BCUT2D eigenvalue weighted by Gasteiger charge is -2.34. The third-order valence-corrected chi connectivity index (χ3v) is 9.90. The van der Waals surface area contributed by atoms with E-state index in [-0.39, 0.29) is 36.2 Å². The highest BCUT2D eigenvalue weighted by atomic mass is 16.5. The molecule has 46 heavy (non-hydrogen) atoms. The van der Waals surface area contributed by atoms with Crippen molar-refractivity contribution in [2.24, 2.45) is 11.3 Å². The van der Waals surface area contributed by atoms with Gasteiger partial charge < -0.3 is 26.0 Å². The number of alkyl carbamates (subject to hydrolysis) is 1. The summed E-state index contributed by atoms with van der Waals surface area (Å²) < 4.78 is 5.40. The third-order valence-electron chi connectivity index (χ3n) is 9.90. The van der Waals surface area contributed by atoms with Gasteiger partial charge in [-0.3, -0.25) is 14.4 Å². The lowest BCUT2D eigenvalue weighted by Crippen LogP contribution is -2.56. The molecule has 4 N–H and O–H groups in total. The van der Waals surface area contributed by atoms with E-state index in [1.54, 1.807) is 0 Å². The molecule has 0 aromatic carbocycles. The van der Waals surface area contributed by atoms with Gasteiger partial charge in [0.2, 0.25) is 17.7 Å². The number of hydrogen-bond donors (Lipinski definition) is 4. The molecule has 0 aliphatic carbocycles. The van der Waals surface area contributed by atoms with Gasteiger partial charge in [-0.2, -0.15) is 0 Å². The first-order valence-electron chi connectivity index (χ1n) is 19.0. The molecule has 2 unspecified atom stereocenters. The van der Waals surface area contributed by atoms with Crippen LogP contribution in [-0.2, 0) is 19.1 Å². The Morgan fingerprint density at radius 1 is 0.783 bits per heavy atom. The first-order chi connectivity index (χ1) is 22.2. The van der Waals surface area contributed by atoms with Gasteiger partial charge in [0.1, 0.15) is 0 Å². The second kappa shape index (κ2) is 23.1. The smallest absolute Gasteiger partial charge is 0.407 e. The fourth-order valence-corrected chi connectivity index (χ4v) is 6.86. The number of hydrogen-bond acceptors (Lipinski definition) is 5. The predicted octanol–water partition coefficient (Wildman–Crippen LogP) is 7.46. The Kier molecular flexibility index (Phi) is 20.0. The number of carbonyl (C=O) groups excluding carboxylic acids is 4. The summed E-state index contributed by atoms with van der Waals surface area (Å²) in [5, 5.41) is 12.2. The summed E-state index contributed by atoms with van der Waals surface area (Å²) in [5.41, 5.74) is -0.535. The summed E-state index contributed by atoms with van der Waals surface area (Å²) in [6, 6.07) is -1.14. The van der Waals surface area contributed by atoms with E-state index in [9.17, 15) is 19.2 Å². The fourth-order valence-electron chi connectivity index (χ4n) is 6.86. The van der Waals surface area contributed by atoms with Crippen LogP contribution in [-0.4, -0.2) is 55.1 Å². The molecule has 2 aliphatic heterocycles. The lowest BCUT2D eigenvalue weighted by atomic mass is 9.82. The van der Waals surface area contributed by atoms with Crippen LogP contribution >= 0.6 is 0 Å². The quantitative estimate of drug-likeness (QED) is 0.0907. The van der Waals surface area contributed by atoms with Gasteiger partial charge in [-0.05, 0) is 38.5 Å². The van der Waals surface area contributed by atoms with E-state index in [0.29, 0.717) is 32.4 Å². The number of amides is 4. The molecule has 0 radical (unpaired) electrons. The number of ether oxygens (including phenoxy) is 1. The lowest BCUT2D eigenvalue weighted by molar-refractivity contribution is -0.132. The Morgan fingerprint density at radius 3 is 2.00 bits per heavy atom. The van der Waals surface area contributed by atoms with Crippen LogP contribution in [0.2, 0.25) is 0 Å². The molecule has 2 saturated heterocycles. The molecule has 2 rings (SSSR count). The SMILES string of the molecule is CCCCCCCCCCOC(=O)NC1CC[C@@H](C2C(=O)NCCC[C@@H]2NC(=O)C(C)(C)CCCCCCCCCC)NC(=O)C1. The first-order valence-corrected chi connectivity index (χ1v) is 19.0. The summed E-state index contributed by atoms with van der Waals surface area (Å²) in [7, 11) is 0. The zero-order chi connectivity index (χ0) is 33.6. The van der Waals surface area contributed by atoms with Crippen molar-refractivity contribution in [1.82, 2.24) is 21.3 Å². The van der Waals surface area contributed by atoms with Gasteiger partial charge >= 0.3 is 6.09 Å². The topological polar surface area (TPSA) is 126 Å². The normalized spacial score (nSPS) is 22.3. The average Bonchev–Trinajstić information content (AvgIpc) is 3.31. The molecule has 9 heteroatoms. The summed E-state index contributed by atoms with van der Waals surface area (Å²) in [4.78, 5) is 52.3. The van der Waals surface area contributed by atoms with Crippen molar-refractivity contribution in [3.05, 3.63) is 0 Å². The largest absolute Gasteiger partial charge is 0.450 e. The van der Waals surface area contributed by atoms with E-state index in [1.807, 2.05) is 13.8 Å². The Morgan fingerprint density at radius 2 is 1.37 bits per heavy atom. The Balaban J connectivity index is 1.83. The van der Waals surface area contributed by atoms with Crippen molar-refractivity contribution in [3.63, 3.8) is 0 Å². The molecule has 2 aliphatic rings. The maximum atomic E-state index is 13.5. The zero-order valence-corrected chi connectivity index (χ0v) is 29.8. The summed E-state index contributed by atoms with van der Waals surface area (Å²) >= 11 is 0. The average molecular weight is 649 g/mol.